The molecule has 54 heavy (non-hydrogen) atoms. The number of hydrogen-bond donors (Lipinski definition) is 2. The number of hydrogen-bond acceptors (Lipinski definition) is 18. The van der Waals surface area contributed by atoms with Crippen LogP contribution >= 0.6 is 0 Å². The lowest BCUT2D eigenvalue weighted by atomic mass is 9.97. The molecule has 19 nitrogen and oxygen atoms in total. The monoisotopic (exact) mass is 781 g/mol. The summed E-state index contributed by atoms with van der Waals surface area (Å²) in [4.78, 5) is 84.7. The predicted molar refractivity (Wildman–Crippen MR) is 165 cm³/mol. The van der Waals surface area contributed by atoms with Crippen LogP contribution in [0, 0.1) is 0 Å². The van der Waals surface area contributed by atoms with E-state index in [1.54, 1.807) is 5.32 Å². The minimum atomic E-state index is -5.15. The summed E-state index contributed by atoms with van der Waals surface area (Å²) in [5.74, 6) is -10.5. The minimum Gasteiger partial charge on any atom is -0.491 e. The molecule has 0 aromatic heterocycles. The van der Waals surface area contributed by atoms with E-state index in [0.29, 0.717) is 0 Å². The molecule has 0 spiro atoms. The molecule has 2 fully saturated rings. The number of ether oxygens (including phenoxy) is 10. The third-order valence-corrected chi connectivity index (χ3v) is 7.30. The third-order valence-electron chi connectivity index (χ3n) is 7.30. The average molecular weight is 782 g/mol. The van der Waals surface area contributed by atoms with Crippen molar-refractivity contribution < 1.29 is 99.2 Å². The zero-order valence-electron chi connectivity index (χ0n) is 29.6. The van der Waals surface area contributed by atoms with Gasteiger partial charge in [0, 0.05) is 47.2 Å². The number of aliphatic hydroxyl groups excluding tert-OH is 1. The Balaban J connectivity index is 2.08. The summed E-state index contributed by atoms with van der Waals surface area (Å²) in [6, 6.07) is 4.53. The first-order chi connectivity index (χ1) is 25.1. The summed E-state index contributed by atoms with van der Waals surface area (Å²) in [7, 11) is 0. The zero-order valence-corrected chi connectivity index (χ0v) is 29.6. The van der Waals surface area contributed by atoms with E-state index in [2.05, 4.69) is 0 Å². The molecular formula is C32H38F3NO18. The van der Waals surface area contributed by atoms with Gasteiger partial charge < -0.3 is 57.8 Å². The van der Waals surface area contributed by atoms with Crippen LogP contribution in [-0.4, -0.2) is 128 Å². The number of esters is 6. The van der Waals surface area contributed by atoms with Crippen molar-refractivity contribution in [3.8, 4) is 5.75 Å². The number of amides is 1. The molecular weight excluding hydrogens is 743 g/mol. The maximum Gasteiger partial charge on any atom is 0.471 e. The Bertz CT molecular complexity index is 1550. The van der Waals surface area contributed by atoms with Crippen LogP contribution in [0.4, 0.5) is 18.9 Å². The largest absolute Gasteiger partial charge is 0.491 e. The fourth-order valence-corrected chi connectivity index (χ4v) is 5.38. The van der Waals surface area contributed by atoms with Crippen LogP contribution in [0.25, 0.3) is 0 Å². The van der Waals surface area contributed by atoms with E-state index in [1.807, 2.05) is 0 Å². The Hall–Kier alpha value is -5.06. The molecule has 2 heterocycles. The van der Waals surface area contributed by atoms with E-state index in [0.717, 1.165) is 53.7 Å². The first kappa shape index (κ1) is 43.3. The maximum absolute atomic E-state index is 12.7. The fraction of sp³-hybridized carbons (Fsp3) is 0.594. The van der Waals surface area contributed by atoms with E-state index in [1.165, 1.54) is 12.1 Å². The number of aliphatic hydroxyl groups is 1. The number of benzene rings is 1. The molecule has 2 aliphatic heterocycles. The molecule has 2 N–H and O–H groups in total. The number of carbonyl (C=O) groups is 7. The molecule has 2 saturated heterocycles. The van der Waals surface area contributed by atoms with Crippen LogP contribution in [0.5, 0.6) is 5.75 Å². The zero-order chi connectivity index (χ0) is 40.5. The summed E-state index contributed by atoms with van der Waals surface area (Å²) >= 11 is 0. The van der Waals surface area contributed by atoms with E-state index in [4.69, 9.17) is 47.4 Å². The molecule has 1 amide bonds. The topological polar surface area (TPSA) is 244 Å². The van der Waals surface area contributed by atoms with Crippen LogP contribution in [0.3, 0.4) is 0 Å². The second-order valence-electron chi connectivity index (χ2n) is 11.7. The van der Waals surface area contributed by atoms with Crippen LogP contribution < -0.4 is 10.1 Å². The van der Waals surface area contributed by atoms with Crippen molar-refractivity contribution in [2.75, 3.05) is 25.1 Å². The Morgan fingerprint density at radius 2 is 1.24 bits per heavy atom. The number of halogens is 3. The van der Waals surface area contributed by atoms with E-state index in [-0.39, 0.29) is 11.4 Å². The van der Waals surface area contributed by atoms with Gasteiger partial charge in [-0.2, -0.15) is 13.2 Å². The fourth-order valence-electron chi connectivity index (χ4n) is 5.38. The van der Waals surface area contributed by atoms with Crippen molar-refractivity contribution >= 4 is 47.4 Å². The van der Waals surface area contributed by atoms with Gasteiger partial charge in [0.25, 0.3) is 0 Å². The van der Waals surface area contributed by atoms with Crippen molar-refractivity contribution in [2.24, 2.45) is 0 Å². The van der Waals surface area contributed by atoms with Crippen molar-refractivity contribution in [3.63, 3.8) is 0 Å². The lowest BCUT2D eigenvalue weighted by Gasteiger charge is -2.46. The van der Waals surface area contributed by atoms with Crippen molar-refractivity contribution in [2.45, 2.75) is 103 Å². The molecule has 300 valence electrons. The molecule has 9 atom stereocenters. The molecule has 3 rings (SSSR count). The molecule has 0 unspecified atom stereocenters. The molecule has 0 aliphatic carbocycles. The maximum atomic E-state index is 12.7. The smallest absolute Gasteiger partial charge is 0.471 e. The highest BCUT2D eigenvalue weighted by molar-refractivity contribution is 5.94. The summed E-state index contributed by atoms with van der Waals surface area (Å²) in [5, 5.41) is 11.9. The van der Waals surface area contributed by atoms with Crippen molar-refractivity contribution in [1.29, 1.82) is 0 Å². The highest BCUT2D eigenvalue weighted by Gasteiger charge is 2.64. The van der Waals surface area contributed by atoms with Gasteiger partial charge in [0.2, 0.25) is 12.1 Å². The summed E-state index contributed by atoms with van der Waals surface area (Å²) < 4.78 is 94.1. The summed E-state index contributed by atoms with van der Waals surface area (Å²) in [6.45, 7) is 3.46. The van der Waals surface area contributed by atoms with Crippen LogP contribution in [0.15, 0.2) is 24.3 Å². The van der Waals surface area contributed by atoms with Crippen LogP contribution in [0.1, 0.15) is 41.5 Å². The van der Waals surface area contributed by atoms with Gasteiger partial charge in [-0.25, -0.2) is 0 Å². The van der Waals surface area contributed by atoms with Crippen molar-refractivity contribution in [1.82, 2.24) is 0 Å². The average Bonchev–Trinajstić information content (AvgIpc) is 3.31. The molecule has 2 aliphatic rings. The molecule has 0 bridgehead atoms. The SMILES string of the molecule is CC(=O)OC[C@@]1(O[C@H]2O[C@H](CO)[C@@H](OC(C)=O)[C@H](OC(C)=O)[C@H]2OC(C)=O)O[C@H](COc2ccc(NC(=O)C(F)(F)F)cc2)[C@@H](OC(C)=O)[C@@H]1OC(C)=O. The Labute approximate surface area is 304 Å². The van der Waals surface area contributed by atoms with Gasteiger partial charge in [-0.05, 0) is 24.3 Å². The van der Waals surface area contributed by atoms with Crippen LogP contribution in [0.2, 0.25) is 0 Å². The van der Waals surface area contributed by atoms with E-state index < -0.39 is 123 Å². The summed E-state index contributed by atoms with van der Waals surface area (Å²) in [5.41, 5.74) is -0.234. The molecule has 22 heteroatoms. The van der Waals surface area contributed by atoms with Gasteiger partial charge in [-0.1, -0.05) is 0 Å². The molecule has 1 aromatic rings. The predicted octanol–water partition coefficient (Wildman–Crippen LogP) is 0.617. The number of carbonyl (C=O) groups excluding carboxylic acids is 7. The molecule has 0 saturated carbocycles. The van der Waals surface area contributed by atoms with Gasteiger partial charge in [-0.3, -0.25) is 33.6 Å². The second kappa shape index (κ2) is 18.3. The lowest BCUT2D eigenvalue weighted by molar-refractivity contribution is -0.384. The van der Waals surface area contributed by atoms with Gasteiger partial charge in [0.1, 0.15) is 31.2 Å². The number of anilines is 1. The third kappa shape index (κ3) is 11.7. The summed E-state index contributed by atoms with van der Waals surface area (Å²) in [6.07, 6.45) is -18.7. The quantitative estimate of drug-likeness (QED) is 0.194. The van der Waals surface area contributed by atoms with Crippen LogP contribution in [-0.2, 0) is 76.2 Å². The lowest BCUT2D eigenvalue weighted by Crippen LogP contribution is -2.65. The molecule has 0 radical (unpaired) electrons. The minimum absolute atomic E-state index is 0.00955. The van der Waals surface area contributed by atoms with E-state index >= 15 is 0 Å². The second-order valence-corrected chi connectivity index (χ2v) is 11.7. The number of rotatable bonds is 14. The highest BCUT2D eigenvalue weighted by atomic mass is 19.4. The standard InChI is InChI=1S/C32H38F3NO18/c1-14(38)46-13-31(54-29-27(50-18(5)42)26(49-17(4)41)24(47-15(2)39)22(11-37)52-29)28(51-19(6)43)25(48-16(3)40)23(53-31)12-45-21-9-7-20(8-10-21)36-30(44)32(33,34)35/h7-10,22-29,37H,11-13H2,1-6H3,(H,36,44)/t22-,23-,24-,25-,26+,27-,28+,29-,31+/m1/s1. The van der Waals surface area contributed by atoms with Gasteiger partial charge in [0.05, 0.1) is 6.61 Å². The van der Waals surface area contributed by atoms with Gasteiger partial charge in [-0.15, -0.1) is 0 Å². The Morgan fingerprint density at radius 3 is 1.74 bits per heavy atom. The first-order valence-electron chi connectivity index (χ1n) is 15.9. The van der Waals surface area contributed by atoms with Gasteiger partial charge >= 0.3 is 47.9 Å². The number of alkyl halides is 3. The van der Waals surface area contributed by atoms with E-state index in [9.17, 15) is 51.8 Å². The van der Waals surface area contributed by atoms with Gasteiger partial charge in [0.15, 0.2) is 30.5 Å². The Kier molecular flexibility index (Phi) is 14.7. The Morgan fingerprint density at radius 1 is 0.722 bits per heavy atom. The molecule has 1 aromatic carbocycles. The normalized spacial score (nSPS) is 27.8. The first-order valence-corrected chi connectivity index (χ1v) is 15.9. The number of nitrogens with one attached hydrogen (secondary N) is 1. The van der Waals surface area contributed by atoms with Crippen molar-refractivity contribution in [3.05, 3.63) is 24.3 Å². The highest BCUT2D eigenvalue weighted by Crippen LogP contribution is 2.41.